The van der Waals surface area contributed by atoms with Crippen molar-refractivity contribution >= 4 is 11.8 Å². The fourth-order valence-electron chi connectivity index (χ4n) is 1.18. The van der Waals surface area contributed by atoms with Crippen LogP contribution in [0.1, 0.15) is 15.9 Å². The van der Waals surface area contributed by atoms with Crippen molar-refractivity contribution in [1.82, 2.24) is 19.9 Å². The van der Waals surface area contributed by atoms with Crippen LogP contribution in [-0.4, -0.2) is 31.0 Å². The van der Waals surface area contributed by atoms with E-state index in [1.54, 1.807) is 12.4 Å². The molecule has 0 bridgehead atoms. The number of carboxylic acids is 1. The quantitative estimate of drug-likeness (QED) is 0.774. The standard InChI is InChI=1S/C10H9N5O2/c1-5-2-12-8(13-3-5)9-14-4-6(10(16)17)7(11)15-9/h2-4H,1H3,(H,16,17)(H2,11,14,15). The van der Waals surface area contributed by atoms with E-state index in [4.69, 9.17) is 10.8 Å². The van der Waals surface area contributed by atoms with Crippen LogP contribution in [0.4, 0.5) is 5.82 Å². The van der Waals surface area contributed by atoms with Crippen molar-refractivity contribution in [3.05, 3.63) is 29.7 Å². The molecule has 0 aliphatic heterocycles. The Bertz CT molecular complexity index is 567. The number of anilines is 1. The van der Waals surface area contributed by atoms with Crippen LogP contribution in [0.25, 0.3) is 11.6 Å². The molecule has 2 aromatic heterocycles. The predicted octanol–water partition coefficient (Wildman–Crippen LogP) is 0.522. The number of nitrogens with zero attached hydrogens (tertiary/aromatic N) is 4. The lowest BCUT2D eigenvalue weighted by Crippen LogP contribution is -2.07. The van der Waals surface area contributed by atoms with E-state index in [0.29, 0.717) is 5.82 Å². The van der Waals surface area contributed by atoms with Gasteiger partial charge < -0.3 is 10.8 Å². The Labute approximate surface area is 96.4 Å². The molecule has 0 atom stereocenters. The maximum absolute atomic E-state index is 10.7. The van der Waals surface area contributed by atoms with Crippen molar-refractivity contribution in [2.24, 2.45) is 0 Å². The summed E-state index contributed by atoms with van der Waals surface area (Å²) in [6.45, 7) is 1.85. The Balaban J connectivity index is 2.44. The van der Waals surface area contributed by atoms with Gasteiger partial charge in [-0.15, -0.1) is 0 Å². The van der Waals surface area contributed by atoms with Gasteiger partial charge in [0.25, 0.3) is 0 Å². The topological polar surface area (TPSA) is 115 Å². The third kappa shape index (κ3) is 2.17. The summed E-state index contributed by atoms with van der Waals surface area (Å²) >= 11 is 0. The van der Waals surface area contributed by atoms with Crippen LogP contribution in [0.2, 0.25) is 0 Å². The highest BCUT2D eigenvalue weighted by Crippen LogP contribution is 2.13. The second-order valence-electron chi connectivity index (χ2n) is 3.38. The molecule has 2 heterocycles. The first-order valence-electron chi connectivity index (χ1n) is 4.73. The third-order valence-electron chi connectivity index (χ3n) is 2.03. The Hall–Kier alpha value is -2.57. The van der Waals surface area contributed by atoms with E-state index in [9.17, 15) is 4.79 Å². The molecule has 0 fully saturated rings. The van der Waals surface area contributed by atoms with Gasteiger partial charge in [-0.3, -0.25) is 0 Å². The molecule has 0 aliphatic rings. The number of nitrogens with two attached hydrogens (primary N) is 1. The van der Waals surface area contributed by atoms with Crippen molar-refractivity contribution in [3.8, 4) is 11.6 Å². The first kappa shape index (κ1) is 10.9. The lowest BCUT2D eigenvalue weighted by Gasteiger charge is -2.02. The van der Waals surface area contributed by atoms with Gasteiger partial charge in [-0.25, -0.2) is 24.7 Å². The zero-order chi connectivity index (χ0) is 12.4. The summed E-state index contributed by atoms with van der Waals surface area (Å²) in [7, 11) is 0. The maximum atomic E-state index is 10.7. The van der Waals surface area contributed by atoms with Crippen molar-refractivity contribution < 1.29 is 9.90 Å². The SMILES string of the molecule is Cc1cnc(-c2ncc(C(=O)O)c(N)n2)nc1. The van der Waals surface area contributed by atoms with E-state index in [1.807, 2.05) is 6.92 Å². The van der Waals surface area contributed by atoms with Gasteiger partial charge in [0.05, 0.1) is 0 Å². The van der Waals surface area contributed by atoms with Crippen molar-refractivity contribution in [2.45, 2.75) is 6.92 Å². The smallest absolute Gasteiger partial charge is 0.341 e. The number of aromatic carboxylic acids is 1. The highest BCUT2D eigenvalue weighted by Gasteiger charge is 2.12. The average molecular weight is 231 g/mol. The Morgan fingerprint density at radius 1 is 1.18 bits per heavy atom. The number of aryl methyl sites for hydroxylation is 1. The average Bonchev–Trinajstić information content (AvgIpc) is 2.29. The van der Waals surface area contributed by atoms with Crippen molar-refractivity contribution in [3.63, 3.8) is 0 Å². The number of hydrogen-bond acceptors (Lipinski definition) is 6. The predicted molar refractivity (Wildman–Crippen MR) is 59.2 cm³/mol. The van der Waals surface area contributed by atoms with Gasteiger partial charge in [0, 0.05) is 18.6 Å². The number of carboxylic acid groups (broad SMARTS) is 1. The van der Waals surface area contributed by atoms with Gasteiger partial charge in [-0.2, -0.15) is 0 Å². The Morgan fingerprint density at radius 3 is 2.29 bits per heavy atom. The van der Waals surface area contributed by atoms with Crippen LogP contribution in [-0.2, 0) is 0 Å². The monoisotopic (exact) mass is 231 g/mol. The van der Waals surface area contributed by atoms with E-state index in [2.05, 4.69) is 19.9 Å². The molecule has 0 aromatic carbocycles. The fourth-order valence-corrected chi connectivity index (χ4v) is 1.18. The van der Waals surface area contributed by atoms with Crippen LogP contribution in [0.5, 0.6) is 0 Å². The molecule has 0 saturated carbocycles. The zero-order valence-electron chi connectivity index (χ0n) is 8.95. The van der Waals surface area contributed by atoms with Gasteiger partial charge in [0.2, 0.25) is 0 Å². The van der Waals surface area contributed by atoms with E-state index in [-0.39, 0.29) is 17.2 Å². The molecule has 0 saturated heterocycles. The molecular formula is C10H9N5O2. The van der Waals surface area contributed by atoms with Crippen LogP contribution in [0.3, 0.4) is 0 Å². The number of nitrogen functional groups attached to an aromatic ring is 1. The molecule has 2 aromatic rings. The highest BCUT2D eigenvalue weighted by atomic mass is 16.4. The maximum Gasteiger partial charge on any atom is 0.341 e. The normalized spacial score (nSPS) is 10.2. The molecule has 0 radical (unpaired) electrons. The molecule has 86 valence electrons. The lowest BCUT2D eigenvalue weighted by molar-refractivity contribution is 0.0697. The molecule has 7 heteroatoms. The zero-order valence-corrected chi connectivity index (χ0v) is 8.95. The molecule has 0 unspecified atom stereocenters. The summed E-state index contributed by atoms with van der Waals surface area (Å²) < 4.78 is 0. The number of rotatable bonds is 2. The summed E-state index contributed by atoms with van der Waals surface area (Å²) in [4.78, 5) is 26.5. The molecule has 17 heavy (non-hydrogen) atoms. The second-order valence-corrected chi connectivity index (χ2v) is 3.38. The molecule has 0 aliphatic carbocycles. The first-order valence-corrected chi connectivity index (χ1v) is 4.73. The van der Waals surface area contributed by atoms with Gasteiger partial charge in [0.15, 0.2) is 11.6 Å². The highest BCUT2D eigenvalue weighted by molar-refractivity contribution is 5.92. The third-order valence-corrected chi connectivity index (χ3v) is 2.03. The summed E-state index contributed by atoms with van der Waals surface area (Å²) in [6, 6.07) is 0. The molecule has 0 spiro atoms. The first-order chi connectivity index (χ1) is 8.08. The summed E-state index contributed by atoms with van der Waals surface area (Å²) in [6.07, 6.45) is 4.38. The van der Waals surface area contributed by atoms with Gasteiger partial charge in [-0.05, 0) is 12.5 Å². The minimum absolute atomic E-state index is 0.105. The van der Waals surface area contributed by atoms with Crippen LogP contribution in [0.15, 0.2) is 18.6 Å². The molecular weight excluding hydrogens is 222 g/mol. The van der Waals surface area contributed by atoms with E-state index in [0.717, 1.165) is 11.8 Å². The minimum atomic E-state index is -1.17. The number of hydrogen-bond donors (Lipinski definition) is 2. The van der Waals surface area contributed by atoms with Gasteiger partial charge in [0.1, 0.15) is 11.4 Å². The summed E-state index contributed by atoms with van der Waals surface area (Å²) in [5.74, 6) is -0.766. The molecule has 3 N–H and O–H groups in total. The van der Waals surface area contributed by atoms with E-state index < -0.39 is 5.97 Å². The summed E-state index contributed by atoms with van der Waals surface area (Å²) in [5.41, 5.74) is 6.27. The van der Waals surface area contributed by atoms with Crippen molar-refractivity contribution in [2.75, 3.05) is 5.73 Å². The van der Waals surface area contributed by atoms with Crippen molar-refractivity contribution in [1.29, 1.82) is 0 Å². The summed E-state index contributed by atoms with van der Waals surface area (Å²) in [5, 5.41) is 8.77. The molecule has 2 rings (SSSR count). The van der Waals surface area contributed by atoms with Gasteiger partial charge in [-0.1, -0.05) is 0 Å². The number of aromatic nitrogens is 4. The molecule has 7 nitrogen and oxygen atoms in total. The van der Waals surface area contributed by atoms with Gasteiger partial charge >= 0.3 is 5.97 Å². The van der Waals surface area contributed by atoms with Crippen LogP contribution < -0.4 is 5.73 Å². The fraction of sp³-hybridized carbons (Fsp3) is 0.100. The largest absolute Gasteiger partial charge is 0.477 e. The Kier molecular flexibility index (Phi) is 2.65. The van der Waals surface area contributed by atoms with Crippen LogP contribution in [0, 0.1) is 6.92 Å². The minimum Gasteiger partial charge on any atom is -0.477 e. The van der Waals surface area contributed by atoms with E-state index >= 15 is 0 Å². The number of carbonyl (C=O) groups is 1. The van der Waals surface area contributed by atoms with E-state index in [1.165, 1.54) is 0 Å². The second kappa shape index (κ2) is 4.12. The molecule has 0 amide bonds. The lowest BCUT2D eigenvalue weighted by atomic mass is 10.3. The Morgan fingerprint density at radius 2 is 1.76 bits per heavy atom. The van der Waals surface area contributed by atoms with Crippen LogP contribution >= 0.6 is 0 Å².